The molecule has 8 heteroatoms. The van der Waals surface area contributed by atoms with Gasteiger partial charge in [-0.3, -0.25) is 0 Å². The number of carbonyl (C=O) groups excluding carboxylic acids is 3. The van der Waals surface area contributed by atoms with E-state index in [1.807, 2.05) is 6.07 Å². The molecular formula is C26H19NO7. The van der Waals surface area contributed by atoms with E-state index < -0.39 is 17.9 Å². The molecule has 0 heterocycles. The lowest BCUT2D eigenvalue weighted by molar-refractivity contribution is -0.138. The lowest BCUT2D eigenvalue weighted by Crippen LogP contribution is -2.11. The van der Waals surface area contributed by atoms with Gasteiger partial charge >= 0.3 is 17.9 Å². The molecule has 0 aliphatic rings. The van der Waals surface area contributed by atoms with Crippen LogP contribution in [0.5, 0.6) is 17.2 Å². The summed E-state index contributed by atoms with van der Waals surface area (Å²) in [6.07, 6.45) is 1.07. The molecule has 3 rings (SSSR count). The zero-order valence-corrected chi connectivity index (χ0v) is 17.9. The van der Waals surface area contributed by atoms with Crippen LogP contribution in [0, 0.1) is 11.3 Å². The monoisotopic (exact) mass is 457 g/mol. The maximum absolute atomic E-state index is 12.4. The first kappa shape index (κ1) is 23.8. The molecule has 0 aliphatic carbocycles. The number of esters is 3. The molecule has 8 nitrogen and oxygen atoms in total. The van der Waals surface area contributed by atoms with Gasteiger partial charge in [0.25, 0.3) is 0 Å². The smallest absolute Gasteiger partial charge is 0.343 e. The second-order valence-electron chi connectivity index (χ2n) is 6.68. The average Bonchev–Trinajstić information content (AvgIpc) is 2.88. The Balaban J connectivity index is 1.50. The Bertz CT molecular complexity index is 1210. The molecule has 3 aromatic rings. The van der Waals surface area contributed by atoms with Gasteiger partial charge in [0.2, 0.25) is 0 Å². The molecule has 3 aromatic carbocycles. The maximum atomic E-state index is 12.4. The van der Waals surface area contributed by atoms with Crippen molar-refractivity contribution in [3.63, 3.8) is 0 Å². The average molecular weight is 457 g/mol. The Hall–Kier alpha value is -4.90. The van der Waals surface area contributed by atoms with Crippen molar-refractivity contribution in [1.29, 1.82) is 5.26 Å². The molecule has 0 atom stereocenters. The molecule has 0 bridgehead atoms. The summed E-state index contributed by atoms with van der Waals surface area (Å²) in [6.45, 7) is 3.53. The predicted octanol–water partition coefficient (Wildman–Crippen LogP) is 4.10. The third-order valence-electron chi connectivity index (χ3n) is 4.35. The summed E-state index contributed by atoms with van der Waals surface area (Å²) in [5.41, 5.74) is 1.05. The van der Waals surface area contributed by atoms with E-state index in [1.54, 1.807) is 24.3 Å². The van der Waals surface area contributed by atoms with Crippen LogP contribution < -0.4 is 14.2 Å². The van der Waals surface area contributed by atoms with Crippen molar-refractivity contribution in [2.75, 3.05) is 13.2 Å². The summed E-state index contributed by atoms with van der Waals surface area (Å²) in [6, 6.07) is 20.3. The van der Waals surface area contributed by atoms with E-state index in [1.165, 1.54) is 48.5 Å². The highest BCUT2D eigenvalue weighted by molar-refractivity contribution is 5.92. The zero-order chi connectivity index (χ0) is 24.3. The van der Waals surface area contributed by atoms with E-state index in [0.29, 0.717) is 22.4 Å². The number of rotatable bonds is 9. The highest BCUT2D eigenvalue weighted by Crippen LogP contribution is 2.21. The Morgan fingerprint density at radius 1 is 0.735 bits per heavy atom. The van der Waals surface area contributed by atoms with Crippen molar-refractivity contribution < 1.29 is 33.3 Å². The second-order valence-corrected chi connectivity index (χ2v) is 6.68. The van der Waals surface area contributed by atoms with Gasteiger partial charge in [-0.05, 0) is 72.8 Å². The normalized spacial score (nSPS) is 9.85. The van der Waals surface area contributed by atoms with E-state index in [9.17, 15) is 14.4 Å². The lowest BCUT2D eigenvalue weighted by Gasteiger charge is -2.08. The molecule has 0 saturated heterocycles. The van der Waals surface area contributed by atoms with Gasteiger partial charge in [0, 0.05) is 6.08 Å². The number of benzene rings is 3. The zero-order valence-electron chi connectivity index (χ0n) is 17.9. The molecule has 0 fully saturated rings. The first-order valence-corrected chi connectivity index (χ1v) is 10.0. The molecule has 0 radical (unpaired) electrons. The van der Waals surface area contributed by atoms with Gasteiger partial charge < -0.3 is 18.9 Å². The summed E-state index contributed by atoms with van der Waals surface area (Å²) in [5.74, 6) is -0.634. The quantitative estimate of drug-likeness (QED) is 0.204. The number of nitriles is 1. The van der Waals surface area contributed by atoms with E-state index in [0.717, 1.165) is 6.08 Å². The van der Waals surface area contributed by atoms with Crippen LogP contribution in [0.1, 0.15) is 26.3 Å². The van der Waals surface area contributed by atoms with Crippen LogP contribution in [0.4, 0.5) is 0 Å². The Labute approximate surface area is 195 Å². The van der Waals surface area contributed by atoms with Crippen molar-refractivity contribution >= 4 is 17.9 Å². The summed E-state index contributed by atoms with van der Waals surface area (Å²) in [4.78, 5) is 35.5. The van der Waals surface area contributed by atoms with Crippen LogP contribution in [-0.4, -0.2) is 31.1 Å². The molecule has 0 unspecified atom stereocenters. The molecule has 0 amide bonds. The van der Waals surface area contributed by atoms with E-state index in [2.05, 4.69) is 6.58 Å². The van der Waals surface area contributed by atoms with Crippen LogP contribution in [0.2, 0.25) is 0 Å². The van der Waals surface area contributed by atoms with Crippen LogP contribution in [0.15, 0.2) is 85.5 Å². The third kappa shape index (κ3) is 6.80. The van der Waals surface area contributed by atoms with Crippen molar-refractivity contribution in [2.45, 2.75) is 0 Å². The Morgan fingerprint density at radius 2 is 1.21 bits per heavy atom. The molecule has 0 saturated carbocycles. The first-order valence-electron chi connectivity index (χ1n) is 10.0. The predicted molar refractivity (Wildman–Crippen MR) is 121 cm³/mol. The topological polar surface area (TPSA) is 112 Å². The van der Waals surface area contributed by atoms with E-state index in [4.69, 9.17) is 24.2 Å². The summed E-state index contributed by atoms with van der Waals surface area (Å²) < 4.78 is 20.8. The highest BCUT2D eigenvalue weighted by atomic mass is 16.6. The highest BCUT2D eigenvalue weighted by Gasteiger charge is 2.11. The van der Waals surface area contributed by atoms with Crippen molar-refractivity contribution in [1.82, 2.24) is 0 Å². The number of nitrogens with zero attached hydrogens (tertiary/aromatic N) is 1. The third-order valence-corrected chi connectivity index (χ3v) is 4.35. The molecular weight excluding hydrogens is 438 g/mol. The maximum Gasteiger partial charge on any atom is 0.343 e. The lowest BCUT2D eigenvalue weighted by atomic mass is 10.1. The number of hydrogen-bond donors (Lipinski definition) is 0. The van der Waals surface area contributed by atoms with Gasteiger partial charge in [0.05, 0.1) is 22.8 Å². The second kappa shape index (κ2) is 11.6. The number of carbonyl (C=O) groups is 3. The van der Waals surface area contributed by atoms with Gasteiger partial charge in [-0.25, -0.2) is 14.4 Å². The van der Waals surface area contributed by atoms with E-state index in [-0.39, 0.29) is 24.7 Å². The fourth-order valence-corrected chi connectivity index (χ4v) is 2.64. The van der Waals surface area contributed by atoms with Gasteiger partial charge in [-0.2, -0.15) is 5.26 Å². The first-order chi connectivity index (χ1) is 16.5. The molecule has 34 heavy (non-hydrogen) atoms. The van der Waals surface area contributed by atoms with Crippen molar-refractivity contribution in [3.8, 4) is 23.3 Å². The SMILES string of the molecule is C=CC(=O)OCCOc1ccc(C(=O)Oc2ccc(OC(=O)c3ccc(C#N)cc3)cc2)cc1. The van der Waals surface area contributed by atoms with Crippen LogP contribution in [-0.2, 0) is 9.53 Å². The number of hydrogen-bond acceptors (Lipinski definition) is 8. The minimum Gasteiger partial charge on any atom is -0.490 e. The molecule has 0 N–H and O–H groups in total. The Morgan fingerprint density at radius 3 is 1.68 bits per heavy atom. The van der Waals surface area contributed by atoms with Crippen LogP contribution >= 0.6 is 0 Å². The fourth-order valence-electron chi connectivity index (χ4n) is 2.64. The summed E-state index contributed by atoms with van der Waals surface area (Å²) in [7, 11) is 0. The van der Waals surface area contributed by atoms with E-state index >= 15 is 0 Å². The molecule has 170 valence electrons. The summed E-state index contributed by atoms with van der Waals surface area (Å²) >= 11 is 0. The van der Waals surface area contributed by atoms with Gasteiger partial charge in [-0.1, -0.05) is 6.58 Å². The molecule has 0 aromatic heterocycles. The molecule has 0 aliphatic heterocycles. The van der Waals surface area contributed by atoms with Crippen molar-refractivity contribution in [3.05, 3.63) is 102 Å². The largest absolute Gasteiger partial charge is 0.490 e. The molecule has 0 spiro atoms. The van der Waals surface area contributed by atoms with Gasteiger partial charge in [0.15, 0.2) is 0 Å². The van der Waals surface area contributed by atoms with Crippen LogP contribution in [0.25, 0.3) is 0 Å². The van der Waals surface area contributed by atoms with Gasteiger partial charge in [0.1, 0.15) is 30.5 Å². The van der Waals surface area contributed by atoms with Crippen LogP contribution in [0.3, 0.4) is 0 Å². The fraction of sp³-hybridized carbons (Fsp3) is 0.0769. The standard InChI is InChI=1S/C26H19NO7/c1-2-24(28)32-16-15-31-21-9-7-20(8-10-21)26(30)34-23-13-11-22(12-14-23)33-25(29)19-5-3-18(17-27)4-6-19/h2-14H,1,15-16H2. The minimum absolute atomic E-state index is 0.0768. The van der Waals surface area contributed by atoms with Gasteiger partial charge in [-0.15, -0.1) is 0 Å². The minimum atomic E-state index is -0.575. The Kier molecular flexibility index (Phi) is 8.14. The number of ether oxygens (including phenoxy) is 4. The van der Waals surface area contributed by atoms with Crippen molar-refractivity contribution in [2.24, 2.45) is 0 Å². The summed E-state index contributed by atoms with van der Waals surface area (Å²) in [5, 5.41) is 8.81.